The number of rotatable bonds is 4. The van der Waals surface area contributed by atoms with Gasteiger partial charge < -0.3 is 15.8 Å². The van der Waals surface area contributed by atoms with Gasteiger partial charge in [0.05, 0.1) is 7.11 Å². The Labute approximate surface area is 147 Å². The van der Waals surface area contributed by atoms with Crippen LogP contribution in [0.15, 0.2) is 42.6 Å². The Morgan fingerprint density at radius 2 is 2.00 bits per heavy atom. The lowest BCUT2D eigenvalue weighted by Gasteiger charge is -2.29. The molecule has 0 saturated heterocycles. The van der Waals surface area contributed by atoms with E-state index in [2.05, 4.69) is 20.4 Å². The highest BCUT2D eigenvalue weighted by Gasteiger charge is 2.21. The van der Waals surface area contributed by atoms with E-state index in [0.717, 1.165) is 29.8 Å². The van der Waals surface area contributed by atoms with Crippen molar-refractivity contribution in [3.8, 4) is 11.1 Å². The number of nitrogens with one attached hydrogen (secondary N) is 2. The summed E-state index contributed by atoms with van der Waals surface area (Å²) in [7, 11) is 1.34. The fourth-order valence-electron chi connectivity index (χ4n) is 3.16. The van der Waals surface area contributed by atoms with E-state index in [1.54, 1.807) is 6.20 Å². The highest BCUT2D eigenvalue weighted by atomic mass is 16.5. The molecule has 0 spiro atoms. The quantitative estimate of drug-likeness (QED) is 0.791. The zero-order valence-electron chi connectivity index (χ0n) is 14.4. The maximum Gasteiger partial charge on any atom is 0.411 e. The van der Waals surface area contributed by atoms with E-state index in [-0.39, 0.29) is 12.1 Å². The number of amides is 1. The SMILES string of the molecule is COC(=O)Nc1cccc(-c2ccnc(N[C@@H]3CCCC[C@H]3N)c2)c1. The molecule has 1 aromatic heterocycles. The highest BCUT2D eigenvalue weighted by molar-refractivity contribution is 5.85. The second kappa shape index (κ2) is 7.98. The van der Waals surface area contributed by atoms with Crippen molar-refractivity contribution < 1.29 is 9.53 Å². The number of ether oxygens (including phenoxy) is 1. The number of hydrogen-bond acceptors (Lipinski definition) is 5. The normalized spacial score (nSPS) is 19.9. The van der Waals surface area contributed by atoms with Crippen molar-refractivity contribution in [3.05, 3.63) is 42.6 Å². The minimum Gasteiger partial charge on any atom is -0.453 e. The summed E-state index contributed by atoms with van der Waals surface area (Å²) < 4.78 is 4.63. The van der Waals surface area contributed by atoms with Crippen LogP contribution in [-0.2, 0) is 4.74 Å². The first-order chi connectivity index (χ1) is 12.2. The van der Waals surface area contributed by atoms with Crippen LogP contribution in [0.1, 0.15) is 25.7 Å². The van der Waals surface area contributed by atoms with Gasteiger partial charge in [0.25, 0.3) is 0 Å². The van der Waals surface area contributed by atoms with Gasteiger partial charge in [0, 0.05) is 24.0 Å². The Bertz CT molecular complexity index is 735. The van der Waals surface area contributed by atoms with E-state index in [1.807, 2.05) is 36.4 Å². The van der Waals surface area contributed by atoms with E-state index in [4.69, 9.17) is 5.73 Å². The molecule has 0 bridgehead atoms. The van der Waals surface area contributed by atoms with Crippen LogP contribution in [0.25, 0.3) is 11.1 Å². The Hall–Kier alpha value is -2.60. The maximum absolute atomic E-state index is 11.4. The molecule has 6 heteroatoms. The summed E-state index contributed by atoms with van der Waals surface area (Å²) in [6.45, 7) is 0. The topological polar surface area (TPSA) is 89.3 Å². The van der Waals surface area contributed by atoms with Gasteiger partial charge in [-0.2, -0.15) is 0 Å². The van der Waals surface area contributed by atoms with Crippen molar-refractivity contribution in [2.75, 3.05) is 17.7 Å². The molecule has 1 aliphatic rings. The fourth-order valence-corrected chi connectivity index (χ4v) is 3.16. The van der Waals surface area contributed by atoms with E-state index < -0.39 is 6.09 Å². The number of carbonyl (C=O) groups excluding carboxylic acids is 1. The van der Waals surface area contributed by atoms with Crippen molar-refractivity contribution in [2.24, 2.45) is 5.73 Å². The number of methoxy groups -OCH3 is 1. The number of pyridine rings is 1. The third-order valence-corrected chi connectivity index (χ3v) is 4.54. The molecule has 1 aliphatic carbocycles. The number of hydrogen-bond donors (Lipinski definition) is 3. The predicted molar refractivity (Wildman–Crippen MR) is 99.6 cm³/mol. The molecule has 4 N–H and O–H groups in total. The van der Waals surface area contributed by atoms with Crippen molar-refractivity contribution in [1.29, 1.82) is 0 Å². The average molecular weight is 340 g/mol. The molecule has 1 amide bonds. The van der Waals surface area contributed by atoms with Gasteiger partial charge in [-0.25, -0.2) is 9.78 Å². The van der Waals surface area contributed by atoms with Gasteiger partial charge in [0.1, 0.15) is 5.82 Å². The summed E-state index contributed by atoms with van der Waals surface area (Å²) in [5, 5.41) is 6.15. The van der Waals surface area contributed by atoms with Gasteiger partial charge in [-0.05, 0) is 48.2 Å². The lowest BCUT2D eigenvalue weighted by Crippen LogP contribution is -2.42. The van der Waals surface area contributed by atoms with Crippen LogP contribution in [0, 0.1) is 0 Å². The summed E-state index contributed by atoms with van der Waals surface area (Å²) in [5.74, 6) is 0.825. The van der Waals surface area contributed by atoms with Gasteiger partial charge >= 0.3 is 6.09 Å². The number of carbonyl (C=O) groups is 1. The van der Waals surface area contributed by atoms with Crippen molar-refractivity contribution >= 4 is 17.6 Å². The first kappa shape index (κ1) is 17.2. The van der Waals surface area contributed by atoms with Gasteiger partial charge in [0.2, 0.25) is 0 Å². The minimum absolute atomic E-state index is 0.173. The summed E-state index contributed by atoms with van der Waals surface area (Å²) in [6.07, 6.45) is 5.83. The van der Waals surface area contributed by atoms with Crippen LogP contribution in [-0.4, -0.2) is 30.3 Å². The molecule has 1 fully saturated rings. The van der Waals surface area contributed by atoms with Crippen LogP contribution in [0.4, 0.5) is 16.3 Å². The van der Waals surface area contributed by atoms with Gasteiger partial charge in [-0.15, -0.1) is 0 Å². The van der Waals surface area contributed by atoms with Gasteiger partial charge in [-0.3, -0.25) is 5.32 Å². The van der Waals surface area contributed by atoms with Crippen LogP contribution >= 0.6 is 0 Å². The molecule has 0 radical (unpaired) electrons. The lowest BCUT2D eigenvalue weighted by molar-refractivity contribution is 0.187. The number of nitrogens with two attached hydrogens (primary N) is 1. The van der Waals surface area contributed by atoms with E-state index in [9.17, 15) is 4.79 Å². The van der Waals surface area contributed by atoms with Gasteiger partial charge in [0.15, 0.2) is 0 Å². The molecule has 0 aliphatic heterocycles. The number of aromatic nitrogens is 1. The maximum atomic E-state index is 11.4. The monoisotopic (exact) mass is 340 g/mol. The molecule has 3 rings (SSSR count). The summed E-state index contributed by atoms with van der Waals surface area (Å²) in [5.41, 5.74) is 8.91. The molecule has 132 valence electrons. The Morgan fingerprint density at radius 3 is 2.80 bits per heavy atom. The molecular formula is C19H24N4O2. The minimum atomic E-state index is -0.486. The Kier molecular flexibility index (Phi) is 5.50. The third kappa shape index (κ3) is 4.48. The zero-order chi connectivity index (χ0) is 17.6. The van der Waals surface area contributed by atoms with Crippen LogP contribution in [0.3, 0.4) is 0 Å². The molecule has 1 aromatic carbocycles. The molecule has 1 saturated carbocycles. The second-order valence-corrected chi connectivity index (χ2v) is 6.33. The standard InChI is InChI=1S/C19H24N4O2/c1-25-19(24)22-15-6-4-5-13(11-15)14-9-10-21-18(12-14)23-17-8-3-2-7-16(17)20/h4-6,9-12,16-17H,2-3,7-8,20H2,1H3,(H,21,23)(H,22,24)/t16-,17-/m1/s1. The molecular weight excluding hydrogens is 316 g/mol. The third-order valence-electron chi connectivity index (χ3n) is 4.54. The van der Waals surface area contributed by atoms with Crippen molar-refractivity contribution in [1.82, 2.24) is 4.98 Å². The largest absolute Gasteiger partial charge is 0.453 e. The molecule has 6 nitrogen and oxygen atoms in total. The first-order valence-corrected chi connectivity index (χ1v) is 8.59. The van der Waals surface area contributed by atoms with E-state index in [1.165, 1.54) is 20.0 Å². The summed E-state index contributed by atoms with van der Waals surface area (Å²) in [4.78, 5) is 15.8. The van der Waals surface area contributed by atoms with Crippen molar-refractivity contribution in [2.45, 2.75) is 37.8 Å². The summed E-state index contributed by atoms with van der Waals surface area (Å²) >= 11 is 0. The Morgan fingerprint density at radius 1 is 1.20 bits per heavy atom. The van der Waals surface area contributed by atoms with Crippen LogP contribution in [0.2, 0.25) is 0 Å². The fraction of sp³-hybridized carbons (Fsp3) is 0.368. The smallest absolute Gasteiger partial charge is 0.411 e. The molecule has 1 heterocycles. The highest BCUT2D eigenvalue weighted by Crippen LogP contribution is 2.26. The molecule has 25 heavy (non-hydrogen) atoms. The zero-order valence-corrected chi connectivity index (χ0v) is 14.4. The summed E-state index contributed by atoms with van der Waals surface area (Å²) in [6, 6.07) is 12.0. The Balaban J connectivity index is 1.77. The van der Waals surface area contributed by atoms with E-state index in [0.29, 0.717) is 5.69 Å². The number of anilines is 2. The van der Waals surface area contributed by atoms with Crippen LogP contribution in [0.5, 0.6) is 0 Å². The molecule has 2 atom stereocenters. The van der Waals surface area contributed by atoms with Crippen molar-refractivity contribution in [3.63, 3.8) is 0 Å². The predicted octanol–water partition coefficient (Wildman–Crippen LogP) is 3.61. The van der Waals surface area contributed by atoms with Gasteiger partial charge in [-0.1, -0.05) is 25.0 Å². The first-order valence-electron chi connectivity index (χ1n) is 8.59. The number of nitrogens with zero attached hydrogens (tertiary/aromatic N) is 1. The average Bonchev–Trinajstić information content (AvgIpc) is 2.64. The molecule has 0 unspecified atom stereocenters. The number of benzene rings is 1. The lowest BCUT2D eigenvalue weighted by atomic mass is 9.91. The van der Waals surface area contributed by atoms with Crippen LogP contribution < -0.4 is 16.4 Å². The molecule has 2 aromatic rings. The second-order valence-electron chi connectivity index (χ2n) is 6.33. The van der Waals surface area contributed by atoms with E-state index >= 15 is 0 Å².